The van der Waals surface area contributed by atoms with Gasteiger partial charge in [-0.25, -0.2) is 18.7 Å². The highest BCUT2D eigenvalue weighted by Gasteiger charge is 2.64. The normalized spacial score (nSPS) is 25.6. The summed E-state index contributed by atoms with van der Waals surface area (Å²) in [5.74, 6) is -3.21. The fraction of sp³-hybridized carbons (Fsp3) is 0.220. The molecule has 14 aromatic rings. The van der Waals surface area contributed by atoms with Crippen LogP contribution < -0.4 is 11.1 Å². The summed E-state index contributed by atoms with van der Waals surface area (Å²) < 4.78 is 38.2. The lowest BCUT2D eigenvalue weighted by Crippen LogP contribution is -2.56. The molecule has 12 aliphatic carbocycles. The van der Waals surface area contributed by atoms with Crippen molar-refractivity contribution in [3.8, 4) is 22.5 Å². The number of carboxylic acids is 1. The summed E-state index contributed by atoms with van der Waals surface area (Å²) in [6, 6.07) is 86.4. The number of benzene rings is 12. The Bertz CT molecular complexity index is 6190. The number of methoxy groups -OCH3 is 2. The van der Waals surface area contributed by atoms with Gasteiger partial charge in [-0.15, -0.1) is 22.7 Å². The number of nitrogens with zero attached hydrogens (tertiary/aromatic N) is 2. The number of hydrogen-bond donors (Lipinski definition) is 6. The zero-order valence-electron chi connectivity index (χ0n) is 65.4. The zero-order chi connectivity index (χ0) is 82.0. The Labute approximate surface area is 689 Å². The predicted octanol–water partition coefficient (Wildman–Crippen LogP) is 19.8. The number of hydrogen-bond acceptors (Lipinski definition) is 14. The van der Waals surface area contributed by atoms with Gasteiger partial charge in [-0.1, -0.05) is 243 Å². The topological polar surface area (TPSA) is 231 Å². The Morgan fingerprint density at radius 3 is 1.06 bits per heavy atom. The van der Waals surface area contributed by atoms with Gasteiger partial charge in [-0.2, -0.15) is 0 Å². The monoisotopic (exact) mass is 1600 g/mol. The Morgan fingerprint density at radius 1 is 0.390 bits per heavy atom. The van der Waals surface area contributed by atoms with Crippen molar-refractivity contribution >= 4 is 78.3 Å². The van der Waals surface area contributed by atoms with Crippen LogP contribution in [-0.4, -0.2) is 86.7 Å². The van der Waals surface area contributed by atoms with Gasteiger partial charge in [0.15, 0.2) is 10.3 Å². The highest BCUT2D eigenvalue weighted by atomic mass is 32.1. The summed E-state index contributed by atoms with van der Waals surface area (Å²) in [5.41, 5.74) is 23.5. The molecule has 0 aliphatic heterocycles. The van der Waals surface area contributed by atoms with Crippen LogP contribution in [0.5, 0.6) is 0 Å². The van der Waals surface area contributed by atoms with E-state index in [4.69, 9.17) is 15.2 Å². The summed E-state index contributed by atoms with van der Waals surface area (Å²) in [6.45, 7) is 7.41. The molecule has 14 nitrogen and oxygen atoms in total. The molecule has 2 heterocycles. The second-order valence-corrected chi connectivity index (χ2v) is 34.4. The van der Waals surface area contributed by atoms with Crippen molar-refractivity contribution in [1.82, 2.24) is 9.97 Å². The van der Waals surface area contributed by atoms with Crippen molar-refractivity contribution in [2.75, 3.05) is 25.3 Å². The van der Waals surface area contributed by atoms with Crippen LogP contribution in [0.3, 0.4) is 0 Å². The van der Waals surface area contributed by atoms with Gasteiger partial charge in [0.1, 0.15) is 22.5 Å². The number of carbonyl (C=O) groups is 4. The number of aliphatic hydroxyl groups excluding tert-OH is 3. The number of ether oxygens (including phenoxy) is 2. The number of aromatic nitrogens is 2. The number of aliphatic hydroxyl groups is 3. The van der Waals surface area contributed by atoms with E-state index in [0.717, 1.165) is 101 Å². The lowest BCUT2D eigenvalue weighted by Gasteiger charge is -2.53. The van der Waals surface area contributed by atoms with Crippen molar-refractivity contribution in [1.29, 1.82) is 0 Å². The molecular weight excluding hydrogens is 1520 g/mol. The average Bonchev–Trinajstić information content (AvgIpc) is 0.753. The van der Waals surface area contributed by atoms with Crippen molar-refractivity contribution in [2.45, 2.75) is 99.8 Å². The molecule has 7 unspecified atom stereocenters. The summed E-state index contributed by atoms with van der Waals surface area (Å²) in [6.07, 6.45) is -1.75. The maximum Gasteiger partial charge on any atom is 0.315 e. The first-order valence-electron chi connectivity index (χ1n) is 39.6. The van der Waals surface area contributed by atoms with Crippen LogP contribution in [0.1, 0.15) is 170 Å². The van der Waals surface area contributed by atoms with E-state index in [1.54, 1.807) is 31.2 Å². The molecular formula is C100H84F2N4O10S2. The first-order chi connectivity index (χ1) is 57.1. The number of rotatable bonds is 7. The molecule has 0 radical (unpaired) electrons. The number of nitrogens with one attached hydrogen (secondary N) is 1. The maximum atomic E-state index is 14.3. The van der Waals surface area contributed by atoms with Crippen molar-refractivity contribution < 1.29 is 57.9 Å². The lowest BCUT2D eigenvalue weighted by atomic mass is 9.51. The standard InChI is InChI=1S/C31H23FN2O2S.C19H18O3.C19H18O2.C18H16O3.C13H9FN2S/c1-31(27-22-12-6-4-10-20(22)26(28(31)35)21-11-5-7-13-23(21)27)29(36)34-30-33-25(16-37-30)19-14-15-24(32)18-9-3-2-8-17(18)19;1-19(18(21)22-2)16-13-9-5-3-7-11(13)15(17(19)20)12-8-4-6-10-14(12)16;1-19(18(20)21-2)11-16-12-7-3-5-9-14(12)17(19)15-10-6-4-8-13(15)16;1-18(17(20)21)15-12-8-4-2-6-10(12)14(16(18)19)11-7-3-5-9-13(11)15;14-11-6-5-10(12-7-17-13(15)16-12)8-3-1-2-4-9(8)11/h2-16,26-28,35H,1H3,(H,33,34,36);3-10,15-17,20H,1-2H3;3-10,16-17H,11H2,1-2H3;2-9,14-16,19H,1H3,(H,20,21);1-7H,(H2,15,16). The molecule has 0 saturated carbocycles. The minimum absolute atomic E-state index is 0.0958. The van der Waals surface area contributed by atoms with E-state index in [9.17, 15) is 48.4 Å². The molecule has 0 fully saturated rings. The third kappa shape index (κ3) is 11.8. The number of halogens is 2. The van der Waals surface area contributed by atoms with Crippen molar-refractivity contribution in [2.24, 2.45) is 21.7 Å². The van der Waals surface area contributed by atoms with E-state index in [1.165, 1.54) is 71.3 Å². The second-order valence-electron chi connectivity index (χ2n) is 32.7. The van der Waals surface area contributed by atoms with Crippen molar-refractivity contribution in [3.05, 3.63) is 378 Å². The molecule has 8 bridgehead atoms. The second kappa shape index (κ2) is 29.8. The number of nitrogens with two attached hydrogens (primary N) is 1. The van der Waals surface area contributed by atoms with E-state index >= 15 is 0 Å². The van der Waals surface area contributed by atoms with E-state index in [1.807, 2.05) is 158 Å². The Hall–Kier alpha value is -12.2. The Kier molecular flexibility index (Phi) is 19.5. The molecule has 1 amide bonds. The molecule has 7 N–H and O–H groups in total. The number of thiazole rings is 2. The quantitative estimate of drug-likeness (QED) is 0.0817. The van der Waals surface area contributed by atoms with Crippen LogP contribution >= 0.6 is 22.7 Å². The third-order valence-electron chi connectivity index (χ3n) is 26.8. The van der Waals surface area contributed by atoms with Gasteiger partial charge in [0.05, 0.1) is 54.7 Å². The summed E-state index contributed by atoms with van der Waals surface area (Å²) in [4.78, 5) is 59.8. The van der Waals surface area contributed by atoms with Crippen LogP contribution in [0.4, 0.5) is 19.0 Å². The fourth-order valence-corrected chi connectivity index (χ4v) is 22.6. The zero-order valence-corrected chi connectivity index (χ0v) is 67.0. The number of amides is 1. The molecule has 18 heteroatoms. The molecule has 0 spiro atoms. The highest BCUT2D eigenvalue weighted by Crippen LogP contribution is 2.66. The van der Waals surface area contributed by atoms with Gasteiger partial charge in [0, 0.05) is 80.0 Å². The summed E-state index contributed by atoms with van der Waals surface area (Å²) >= 11 is 2.71. The number of aliphatic carboxylic acids is 1. The smallest absolute Gasteiger partial charge is 0.315 e. The number of carbonyl (C=O) groups excluding carboxylic acids is 3. The van der Waals surface area contributed by atoms with Crippen LogP contribution in [0.15, 0.2) is 278 Å². The van der Waals surface area contributed by atoms with Gasteiger partial charge >= 0.3 is 17.9 Å². The van der Waals surface area contributed by atoms with Crippen LogP contribution in [0.2, 0.25) is 0 Å². The van der Waals surface area contributed by atoms with E-state index in [0.29, 0.717) is 32.6 Å². The van der Waals surface area contributed by atoms with E-state index in [-0.39, 0.29) is 70.9 Å². The molecule has 590 valence electrons. The van der Waals surface area contributed by atoms with Gasteiger partial charge in [0.25, 0.3) is 0 Å². The SMILES string of the molecule is CC1(C(=O)Nc2nc(-c3ccc(F)c4ccccc34)cs2)C2c3ccccc3C(c3ccccc32)C1O.CC1(C(=O)O)C2c3ccccc3C(c3ccccc32)C1O.COC(=O)C1(C)C2c3ccccc3C(c3ccccc32)C1O.COC(=O)C1(C)CC2c3ccccc3C1c1ccccc12.Nc1nc(-c2ccc(F)c3ccccc23)cs1. The molecule has 12 aliphatic rings. The van der Waals surface area contributed by atoms with Crippen LogP contribution in [0.25, 0.3) is 44.1 Å². The number of nitrogen functional groups attached to an aromatic ring is 1. The summed E-state index contributed by atoms with van der Waals surface area (Å²) in [7, 11) is 2.88. The predicted molar refractivity (Wildman–Crippen MR) is 456 cm³/mol. The molecule has 118 heavy (non-hydrogen) atoms. The molecule has 2 aromatic heterocycles. The largest absolute Gasteiger partial charge is 0.481 e. The molecule has 26 rings (SSSR count). The van der Waals surface area contributed by atoms with Gasteiger partial charge in [0.2, 0.25) is 5.91 Å². The highest BCUT2D eigenvalue weighted by molar-refractivity contribution is 7.14. The number of fused-ring (bicyclic) bond motifs is 6. The van der Waals surface area contributed by atoms with Crippen molar-refractivity contribution in [3.63, 3.8) is 0 Å². The number of carboxylic acid groups (broad SMARTS) is 1. The summed E-state index contributed by atoms with van der Waals surface area (Å²) in [5, 5.41) is 53.8. The average molecular weight is 1600 g/mol. The van der Waals surface area contributed by atoms with Gasteiger partial charge < -0.3 is 41.0 Å². The third-order valence-corrected chi connectivity index (χ3v) is 28.3. The van der Waals surface area contributed by atoms with Gasteiger partial charge in [-0.3, -0.25) is 19.2 Å². The first kappa shape index (κ1) is 77.1. The first-order valence-corrected chi connectivity index (χ1v) is 41.3. The molecule has 7 atom stereocenters. The maximum absolute atomic E-state index is 14.3. The van der Waals surface area contributed by atoms with Crippen LogP contribution in [0, 0.1) is 33.3 Å². The number of esters is 2. The Balaban J connectivity index is 0.000000105. The minimum Gasteiger partial charge on any atom is -0.481 e. The molecule has 0 saturated heterocycles. The minimum atomic E-state index is -1.19. The van der Waals surface area contributed by atoms with Crippen LogP contribution in [-0.2, 0) is 28.7 Å². The lowest BCUT2D eigenvalue weighted by molar-refractivity contribution is -0.163. The Morgan fingerprint density at radius 2 is 0.695 bits per heavy atom. The van der Waals surface area contributed by atoms with E-state index in [2.05, 4.69) is 119 Å². The fourth-order valence-electron chi connectivity index (χ4n) is 21.3. The number of anilines is 2. The van der Waals surface area contributed by atoms with Gasteiger partial charge in [-0.05, 0) is 158 Å². The molecule has 12 aromatic carbocycles. The van der Waals surface area contributed by atoms with E-state index < -0.39 is 45.9 Å².